The van der Waals surface area contributed by atoms with Gasteiger partial charge in [0.05, 0.1) is 24.2 Å². The van der Waals surface area contributed by atoms with Crippen molar-refractivity contribution in [3.05, 3.63) is 59.2 Å². The van der Waals surface area contributed by atoms with Crippen LogP contribution < -0.4 is 9.46 Å². The summed E-state index contributed by atoms with van der Waals surface area (Å²) >= 11 is 0. The predicted octanol–water partition coefficient (Wildman–Crippen LogP) is 3.06. The number of hydrogen-bond acceptors (Lipinski definition) is 3. The minimum atomic E-state index is -1.14. The molecular formula is C17H15NO3S. The van der Waals surface area contributed by atoms with Gasteiger partial charge in [0, 0.05) is 5.92 Å². The molecule has 2 aromatic rings. The third-order valence-electron chi connectivity index (χ3n) is 4.96. The van der Waals surface area contributed by atoms with E-state index in [9.17, 15) is 4.21 Å². The average molecular weight is 313 g/mol. The van der Waals surface area contributed by atoms with Gasteiger partial charge in [-0.05, 0) is 34.9 Å². The Labute approximate surface area is 131 Å². The third-order valence-corrected chi connectivity index (χ3v) is 6.41. The molecule has 22 heavy (non-hydrogen) atoms. The van der Waals surface area contributed by atoms with Gasteiger partial charge in [0.1, 0.15) is 22.8 Å². The van der Waals surface area contributed by atoms with Gasteiger partial charge in [0.15, 0.2) is 0 Å². The van der Waals surface area contributed by atoms with Crippen LogP contribution in [0.3, 0.4) is 0 Å². The second-order valence-electron chi connectivity index (χ2n) is 5.95. The van der Waals surface area contributed by atoms with Crippen molar-refractivity contribution >= 4 is 16.7 Å². The van der Waals surface area contributed by atoms with E-state index in [4.69, 9.17) is 9.47 Å². The quantitative estimate of drug-likeness (QED) is 0.880. The van der Waals surface area contributed by atoms with Crippen LogP contribution in [0.2, 0.25) is 0 Å². The minimum absolute atomic E-state index is 0.0110. The SMILES string of the molecule is COc1ccc2c(c1)[C@H]1[C@H]([C@H]3O[C@H]1c1ccccc13)[S@@](=O)N2. The molecule has 112 valence electrons. The first-order chi connectivity index (χ1) is 10.8. The fraction of sp³-hybridized carbons (Fsp3) is 0.294. The Morgan fingerprint density at radius 3 is 2.64 bits per heavy atom. The van der Waals surface area contributed by atoms with E-state index in [1.165, 1.54) is 11.1 Å². The highest BCUT2D eigenvalue weighted by Gasteiger charge is 2.57. The second kappa shape index (κ2) is 4.33. The maximum Gasteiger partial charge on any atom is 0.124 e. The highest BCUT2D eigenvalue weighted by molar-refractivity contribution is 7.87. The molecule has 4 nitrogen and oxygen atoms in total. The topological polar surface area (TPSA) is 47.6 Å². The van der Waals surface area contributed by atoms with Crippen molar-refractivity contribution in [2.75, 3.05) is 11.8 Å². The van der Waals surface area contributed by atoms with E-state index in [0.717, 1.165) is 17.0 Å². The molecule has 2 bridgehead atoms. The van der Waals surface area contributed by atoms with Crippen LogP contribution in [0.4, 0.5) is 5.69 Å². The summed E-state index contributed by atoms with van der Waals surface area (Å²) < 4.78 is 27.4. The molecule has 0 spiro atoms. The monoisotopic (exact) mass is 313 g/mol. The molecule has 0 amide bonds. The van der Waals surface area contributed by atoms with E-state index >= 15 is 0 Å². The summed E-state index contributed by atoms with van der Waals surface area (Å²) in [7, 11) is 0.529. The van der Waals surface area contributed by atoms with E-state index in [-0.39, 0.29) is 23.4 Å². The molecule has 0 unspecified atom stereocenters. The van der Waals surface area contributed by atoms with Crippen molar-refractivity contribution in [2.24, 2.45) is 0 Å². The van der Waals surface area contributed by atoms with Crippen LogP contribution in [0.1, 0.15) is 34.8 Å². The van der Waals surface area contributed by atoms with Gasteiger partial charge in [0.2, 0.25) is 0 Å². The van der Waals surface area contributed by atoms with Crippen molar-refractivity contribution in [3.63, 3.8) is 0 Å². The number of methoxy groups -OCH3 is 1. The number of ether oxygens (including phenoxy) is 2. The Morgan fingerprint density at radius 1 is 1.09 bits per heavy atom. The zero-order valence-corrected chi connectivity index (χ0v) is 12.8. The molecular weight excluding hydrogens is 298 g/mol. The molecule has 1 fully saturated rings. The van der Waals surface area contributed by atoms with Crippen LogP contribution in [0.5, 0.6) is 5.75 Å². The van der Waals surface area contributed by atoms with E-state index < -0.39 is 11.0 Å². The molecule has 3 aliphatic rings. The molecule has 2 aromatic carbocycles. The van der Waals surface area contributed by atoms with Crippen molar-refractivity contribution < 1.29 is 13.7 Å². The highest BCUT2D eigenvalue weighted by Crippen LogP contribution is 2.61. The largest absolute Gasteiger partial charge is 0.497 e. The summed E-state index contributed by atoms with van der Waals surface area (Å²) in [6.07, 6.45) is -0.0954. The van der Waals surface area contributed by atoms with Crippen LogP contribution in [-0.2, 0) is 15.7 Å². The summed E-state index contributed by atoms with van der Waals surface area (Å²) in [5, 5.41) is -0.0421. The van der Waals surface area contributed by atoms with Crippen LogP contribution >= 0.6 is 0 Å². The maximum absolute atomic E-state index is 12.7. The number of anilines is 1. The number of benzene rings is 2. The lowest BCUT2D eigenvalue weighted by atomic mass is 9.79. The van der Waals surface area contributed by atoms with Crippen LogP contribution in [-0.4, -0.2) is 16.6 Å². The first-order valence-corrected chi connectivity index (χ1v) is 8.58. The highest BCUT2D eigenvalue weighted by atomic mass is 32.2. The Kier molecular flexibility index (Phi) is 2.50. The predicted molar refractivity (Wildman–Crippen MR) is 84.3 cm³/mol. The summed E-state index contributed by atoms with van der Waals surface area (Å²) in [6.45, 7) is 0. The van der Waals surface area contributed by atoms with Crippen molar-refractivity contribution in [1.82, 2.24) is 0 Å². The molecule has 5 rings (SSSR count). The zero-order chi connectivity index (χ0) is 14.8. The Balaban J connectivity index is 1.71. The lowest BCUT2D eigenvalue weighted by molar-refractivity contribution is 0.0683. The Morgan fingerprint density at radius 2 is 1.86 bits per heavy atom. The molecule has 1 N–H and O–H groups in total. The van der Waals surface area contributed by atoms with E-state index in [1.54, 1.807) is 7.11 Å². The van der Waals surface area contributed by atoms with Gasteiger partial charge in [-0.25, -0.2) is 4.21 Å². The van der Waals surface area contributed by atoms with Gasteiger partial charge in [-0.1, -0.05) is 24.3 Å². The molecule has 5 heteroatoms. The Hall–Kier alpha value is -1.85. The first kappa shape index (κ1) is 12.7. The normalized spacial score (nSPS) is 33.6. The minimum Gasteiger partial charge on any atom is -0.497 e. The van der Waals surface area contributed by atoms with Crippen molar-refractivity contribution in [1.29, 1.82) is 0 Å². The summed E-state index contributed by atoms with van der Waals surface area (Å²) in [5.74, 6) is 0.940. The van der Waals surface area contributed by atoms with E-state index in [2.05, 4.69) is 16.9 Å². The second-order valence-corrected chi connectivity index (χ2v) is 7.29. The lowest BCUT2D eigenvalue weighted by Gasteiger charge is -2.34. The third kappa shape index (κ3) is 1.48. The van der Waals surface area contributed by atoms with E-state index in [0.29, 0.717) is 0 Å². The number of rotatable bonds is 1. The first-order valence-electron chi connectivity index (χ1n) is 7.37. The molecule has 0 saturated carbocycles. The molecule has 0 radical (unpaired) electrons. The molecule has 0 aromatic heterocycles. The van der Waals surface area contributed by atoms with Crippen molar-refractivity contribution in [2.45, 2.75) is 23.4 Å². The Bertz CT molecular complexity index is 806. The van der Waals surface area contributed by atoms with Gasteiger partial charge in [-0.3, -0.25) is 0 Å². The zero-order valence-electron chi connectivity index (χ0n) is 12.0. The molecule has 1 saturated heterocycles. The molecule has 3 heterocycles. The van der Waals surface area contributed by atoms with Crippen LogP contribution in [0.25, 0.3) is 0 Å². The standard InChI is InChI=1S/C17H15NO3S/c1-20-9-6-7-13-12(8-9)14-15-10-4-2-3-5-11(10)16(21-15)17(14)22(19)18-13/h2-8,14-18H,1H3/t14-,15+,16+,17-,22-/m1/s1. The number of nitrogens with one attached hydrogen (secondary N) is 1. The average Bonchev–Trinajstić information content (AvgIpc) is 3.12. The molecule has 0 aliphatic carbocycles. The fourth-order valence-electron chi connectivity index (χ4n) is 4.03. The summed E-state index contributed by atoms with van der Waals surface area (Å²) in [5.41, 5.74) is 4.50. The smallest absolute Gasteiger partial charge is 0.124 e. The van der Waals surface area contributed by atoms with E-state index in [1.807, 2.05) is 30.3 Å². The van der Waals surface area contributed by atoms with Gasteiger partial charge >= 0.3 is 0 Å². The fourth-order valence-corrected chi connectivity index (χ4v) is 5.55. The molecule has 5 atom stereocenters. The van der Waals surface area contributed by atoms with Gasteiger partial charge in [-0.15, -0.1) is 0 Å². The summed E-state index contributed by atoms with van der Waals surface area (Å²) in [4.78, 5) is 0. The number of fused-ring (bicyclic) bond motifs is 10. The van der Waals surface area contributed by atoms with Gasteiger partial charge in [-0.2, -0.15) is 0 Å². The van der Waals surface area contributed by atoms with Crippen molar-refractivity contribution in [3.8, 4) is 5.75 Å². The number of hydrogen-bond donors (Lipinski definition) is 1. The molecule has 3 aliphatic heterocycles. The van der Waals surface area contributed by atoms with Gasteiger partial charge < -0.3 is 14.2 Å². The maximum atomic E-state index is 12.7. The van der Waals surface area contributed by atoms with Gasteiger partial charge in [0.25, 0.3) is 0 Å². The summed E-state index contributed by atoms with van der Waals surface area (Å²) in [6, 6.07) is 14.2. The van der Waals surface area contributed by atoms with Crippen LogP contribution in [0.15, 0.2) is 42.5 Å². The lowest BCUT2D eigenvalue weighted by Crippen LogP contribution is -2.36. The van der Waals surface area contributed by atoms with Crippen LogP contribution in [0, 0.1) is 0 Å².